The summed E-state index contributed by atoms with van der Waals surface area (Å²) < 4.78 is 2.21. The summed E-state index contributed by atoms with van der Waals surface area (Å²) in [6.45, 7) is 0. The van der Waals surface area contributed by atoms with Gasteiger partial charge in [0.1, 0.15) is 11.3 Å². The van der Waals surface area contributed by atoms with Gasteiger partial charge in [-0.05, 0) is 60.6 Å². The lowest BCUT2D eigenvalue weighted by Crippen LogP contribution is -2.08. The molecule has 0 saturated heterocycles. The number of aromatic nitrogens is 1. The van der Waals surface area contributed by atoms with E-state index < -0.39 is 5.97 Å². The van der Waals surface area contributed by atoms with E-state index in [2.05, 4.69) is 41.0 Å². The van der Waals surface area contributed by atoms with Crippen LogP contribution < -0.4 is 0 Å². The minimum absolute atomic E-state index is 0.0870. The van der Waals surface area contributed by atoms with Crippen LogP contribution in [0.3, 0.4) is 0 Å². The highest BCUT2D eigenvalue weighted by atomic mass is 16.4. The molecule has 0 atom stereocenters. The molecule has 0 fully saturated rings. The molecule has 2 N–H and O–H groups in total. The van der Waals surface area contributed by atoms with Gasteiger partial charge in [-0.2, -0.15) is 0 Å². The van der Waals surface area contributed by atoms with E-state index in [0.29, 0.717) is 0 Å². The lowest BCUT2D eigenvalue weighted by Gasteiger charge is -2.18. The van der Waals surface area contributed by atoms with Crippen molar-refractivity contribution < 1.29 is 15.0 Å². The Morgan fingerprint density at radius 2 is 1.45 bits per heavy atom. The molecule has 0 bridgehead atoms. The van der Waals surface area contributed by atoms with Crippen LogP contribution >= 0.6 is 0 Å². The molecule has 0 amide bonds. The number of hydrogen-bond donors (Lipinski definition) is 2. The van der Waals surface area contributed by atoms with Crippen LogP contribution in [0.15, 0.2) is 78.9 Å². The number of phenols is 1. The zero-order valence-electron chi connectivity index (χ0n) is 17.1. The molecule has 0 spiro atoms. The summed E-state index contributed by atoms with van der Waals surface area (Å²) >= 11 is 0. The summed E-state index contributed by atoms with van der Waals surface area (Å²) in [6, 6.07) is 25.5. The van der Waals surface area contributed by atoms with E-state index >= 15 is 0 Å². The van der Waals surface area contributed by atoms with Gasteiger partial charge in [0, 0.05) is 16.9 Å². The minimum atomic E-state index is -1.13. The van der Waals surface area contributed by atoms with Gasteiger partial charge in [-0.1, -0.05) is 60.7 Å². The second kappa shape index (κ2) is 7.80. The highest BCUT2D eigenvalue weighted by molar-refractivity contribution is 5.92. The third-order valence-electron chi connectivity index (χ3n) is 6.05. The molecule has 1 aromatic heterocycles. The van der Waals surface area contributed by atoms with Gasteiger partial charge < -0.3 is 14.8 Å². The van der Waals surface area contributed by atoms with Crippen LogP contribution in [0.5, 0.6) is 5.75 Å². The van der Waals surface area contributed by atoms with Gasteiger partial charge in [0.15, 0.2) is 0 Å². The van der Waals surface area contributed by atoms with E-state index in [4.69, 9.17) is 0 Å². The molecule has 0 saturated carbocycles. The summed E-state index contributed by atoms with van der Waals surface area (Å²) in [5, 5.41) is 19.6. The predicted octanol–water partition coefficient (Wildman–Crippen LogP) is 6.09. The Hall–Kier alpha value is -3.79. The quantitative estimate of drug-likeness (QED) is 0.428. The third kappa shape index (κ3) is 3.30. The molecule has 0 unspecified atom stereocenters. The van der Waals surface area contributed by atoms with Gasteiger partial charge in [0.25, 0.3) is 0 Å². The molecule has 31 heavy (non-hydrogen) atoms. The molecule has 1 heterocycles. The van der Waals surface area contributed by atoms with Gasteiger partial charge in [0.05, 0.1) is 5.69 Å². The highest BCUT2D eigenvalue weighted by Crippen LogP contribution is 2.44. The first-order valence-electron chi connectivity index (χ1n) is 10.6. The van der Waals surface area contributed by atoms with Crippen molar-refractivity contribution in [3.8, 4) is 33.8 Å². The van der Waals surface area contributed by atoms with Crippen molar-refractivity contribution in [3.05, 3.63) is 95.7 Å². The second-order valence-corrected chi connectivity index (χ2v) is 7.93. The SMILES string of the molecule is O=C(O)c1cc(-n2c3c(c(-c4ccccc4)c2-c2ccccc2)CCCC3)ccc1O. The van der Waals surface area contributed by atoms with Crippen LogP contribution in [0.1, 0.15) is 34.5 Å². The molecule has 0 aliphatic heterocycles. The number of benzene rings is 3. The van der Waals surface area contributed by atoms with E-state index in [1.807, 2.05) is 24.3 Å². The molecule has 4 heteroatoms. The summed E-state index contributed by atoms with van der Waals surface area (Å²) in [7, 11) is 0. The highest BCUT2D eigenvalue weighted by Gasteiger charge is 2.27. The fraction of sp³-hybridized carbons (Fsp3) is 0.148. The Kier molecular flexibility index (Phi) is 4.83. The zero-order valence-corrected chi connectivity index (χ0v) is 17.1. The van der Waals surface area contributed by atoms with Crippen molar-refractivity contribution in [1.82, 2.24) is 4.57 Å². The standard InChI is InChI=1S/C27H23NO3/c29-24-16-15-20(17-22(24)27(30)31)28-23-14-8-7-13-21(23)25(18-9-3-1-4-10-18)26(28)19-11-5-2-6-12-19/h1-6,9-12,15-17,29H,7-8,13-14H2,(H,30,31). The summed E-state index contributed by atoms with van der Waals surface area (Å²) in [4.78, 5) is 11.7. The van der Waals surface area contributed by atoms with Crippen molar-refractivity contribution >= 4 is 5.97 Å². The number of carbonyl (C=O) groups is 1. The van der Waals surface area contributed by atoms with E-state index in [0.717, 1.165) is 48.2 Å². The number of carboxylic acids is 1. The zero-order chi connectivity index (χ0) is 21.4. The van der Waals surface area contributed by atoms with Gasteiger partial charge >= 0.3 is 5.97 Å². The van der Waals surface area contributed by atoms with E-state index in [9.17, 15) is 15.0 Å². The summed E-state index contributed by atoms with van der Waals surface area (Å²) in [5.41, 5.74) is 7.76. The number of nitrogens with zero attached hydrogens (tertiary/aromatic N) is 1. The van der Waals surface area contributed by atoms with Crippen LogP contribution in [0.4, 0.5) is 0 Å². The smallest absolute Gasteiger partial charge is 0.339 e. The maximum Gasteiger partial charge on any atom is 0.339 e. The van der Waals surface area contributed by atoms with Crippen molar-refractivity contribution in [2.75, 3.05) is 0 Å². The Morgan fingerprint density at radius 1 is 0.806 bits per heavy atom. The van der Waals surface area contributed by atoms with E-state index in [-0.39, 0.29) is 11.3 Å². The fourth-order valence-electron chi connectivity index (χ4n) is 4.70. The summed E-state index contributed by atoms with van der Waals surface area (Å²) in [6.07, 6.45) is 4.17. The number of rotatable bonds is 4. The molecule has 0 radical (unpaired) electrons. The van der Waals surface area contributed by atoms with Crippen molar-refractivity contribution in [2.45, 2.75) is 25.7 Å². The van der Waals surface area contributed by atoms with Crippen molar-refractivity contribution in [3.63, 3.8) is 0 Å². The number of fused-ring (bicyclic) bond motifs is 1. The Balaban J connectivity index is 1.88. The largest absolute Gasteiger partial charge is 0.507 e. The van der Waals surface area contributed by atoms with Crippen LogP contribution in [0.25, 0.3) is 28.1 Å². The second-order valence-electron chi connectivity index (χ2n) is 7.93. The van der Waals surface area contributed by atoms with Gasteiger partial charge in [-0.15, -0.1) is 0 Å². The number of aromatic carboxylic acids is 1. The average molecular weight is 409 g/mol. The number of hydrogen-bond acceptors (Lipinski definition) is 2. The van der Waals surface area contributed by atoms with Crippen molar-refractivity contribution in [2.24, 2.45) is 0 Å². The van der Waals surface area contributed by atoms with Gasteiger partial charge in [-0.3, -0.25) is 0 Å². The number of aromatic hydroxyl groups is 1. The molecule has 154 valence electrons. The Morgan fingerprint density at radius 3 is 2.13 bits per heavy atom. The lowest BCUT2D eigenvalue weighted by atomic mass is 9.90. The maximum atomic E-state index is 11.7. The van der Waals surface area contributed by atoms with Crippen LogP contribution in [0, 0.1) is 0 Å². The lowest BCUT2D eigenvalue weighted by molar-refractivity contribution is 0.0693. The summed E-state index contributed by atoms with van der Waals surface area (Å²) in [5.74, 6) is -1.35. The maximum absolute atomic E-state index is 11.7. The molecule has 4 aromatic rings. The minimum Gasteiger partial charge on any atom is -0.507 e. The van der Waals surface area contributed by atoms with Gasteiger partial charge in [-0.25, -0.2) is 4.79 Å². The molecule has 4 nitrogen and oxygen atoms in total. The molecule has 5 rings (SSSR count). The first-order valence-corrected chi connectivity index (χ1v) is 10.6. The van der Waals surface area contributed by atoms with Crippen LogP contribution in [-0.2, 0) is 12.8 Å². The van der Waals surface area contributed by atoms with Crippen LogP contribution in [0.2, 0.25) is 0 Å². The monoisotopic (exact) mass is 409 g/mol. The molecule has 3 aromatic carbocycles. The average Bonchev–Trinajstić information content (AvgIpc) is 3.15. The molecule has 1 aliphatic rings. The first-order chi connectivity index (χ1) is 15.1. The Labute approximate surface area is 181 Å². The third-order valence-corrected chi connectivity index (χ3v) is 6.05. The van der Waals surface area contributed by atoms with E-state index in [1.165, 1.54) is 22.9 Å². The van der Waals surface area contributed by atoms with E-state index in [1.54, 1.807) is 12.1 Å². The molecule has 1 aliphatic carbocycles. The van der Waals surface area contributed by atoms with Gasteiger partial charge in [0.2, 0.25) is 0 Å². The predicted molar refractivity (Wildman–Crippen MR) is 122 cm³/mol. The van der Waals surface area contributed by atoms with Crippen molar-refractivity contribution in [1.29, 1.82) is 0 Å². The molecular weight excluding hydrogens is 386 g/mol. The van der Waals surface area contributed by atoms with Crippen LogP contribution in [-0.4, -0.2) is 20.7 Å². The first kappa shape index (κ1) is 19.2. The Bertz CT molecular complexity index is 1260. The normalized spacial score (nSPS) is 13.0. The topological polar surface area (TPSA) is 62.5 Å². The molecular formula is C27H23NO3. The number of carboxylic acid groups (broad SMARTS) is 1. The fourth-order valence-corrected chi connectivity index (χ4v) is 4.70.